The average Bonchev–Trinajstić information content (AvgIpc) is 3.35. The summed E-state index contributed by atoms with van der Waals surface area (Å²) >= 11 is 0. The Morgan fingerprint density at radius 2 is 1.68 bits per heavy atom. The number of hydrogen-bond acceptors (Lipinski definition) is 6. The quantitative estimate of drug-likeness (QED) is 0.384. The van der Waals surface area contributed by atoms with Crippen LogP contribution >= 0.6 is 0 Å². The summed E-state index contributed by atoms with van der Waals surface area (Å²) in [6.45, 7) is -0.0795. The molecular weight excluding hydrogens is 436 g/mol. The van der Waals surface area contributed by atoms with E-state index in [1.54, 1.807) is 30.3 Å². The van der Waals surface area contributed by atoms with E-state index in [2.05, 4.69) is 15.4 Å². The third-order valence-electron chi connectivity index (χ3n) is 4.99. The predicted molar refractivity (Wildman–Crippen MR) is 126 cm³/mol. The van der Waals surface area contributed by atoms with Crippen LogP contribution in [0.2, 0.25) is 0 Å². The Bertz CT molecular complexity index is 1340. The minimum absolute atomic E-state index is 0.109. The first-order valence-electron chi connectivity index (χ1n) is 10.5. The summed E-state index contributed by atoms with van der Waals surface area (Å²) in [5, 5.41) is 7.33. The standard InChI is InChI=1S/C26H22N2O6/c1-32-24(29)15-27-25(30)19-7-4-8-20(13-19)28-26(31)23-12-11-22(34-23)16-33-21-10-9-17-5-2-3-6-18(17)14-21/h2-14H,15-16H2,1H3,(H,27,30)(H,28,31). The number of benzene rings is 3. The van der Waals surface area contributed by atoms with E-state index in [1.807, 2.05) is 42.5 Å². The van der Waals surface area contributed by atoms with E-state index in [1.165, 1.54) is 13.2 Å². The highest BCUT2D eigenvalue weighted by Crippen LogP contribution is 2.22. The largest absolute Gasteiger partial charge is 0.486 e. The van der Waals surface area contributed by atoms with Crippen molar-refractivity contribution in [3.05, 3.63) is 95.9 Å². The van der Waals surface area contributed by atoms with Gasteiger partial charge in [-0.2, -0.15) is 0 Å². The number of amides is 2. The molecule has 0 fully saturated rings. The lowest BCUT2D eigenvalue weighted by molar-refractivity contribution is -0.139. The summed E-state index contributed by atoms with van der Waals surface area (Å²) in [5.41, 5.74) is 0.687. The van der Waals surface area contributed by atoms with E-state index < -0.39 is 17.8 Å². The van der Waals surface area contributed by atoms with E-state index in [-0.39, 0.29) is 24.5 Å². The molecule has 0 spiro atoms. The van der Waals surface area contributed by atoms with Gasteiger partial charge >= 0.3 is 5.97 Å². The molecule has 2 N–H and O–H groups in total. The van der Waals surface area contributed by atoms with Crippen molar-refractivity contribution in [3.63, 3.8) is 0 Å². The van der Waals surface area contributed by atoms with Gasteiger partial charge in [-0.25, -0.2) is 0 Å². The SMILES string of the molecule is COC(=O)CNC(=O)c1cccc(NC(=O)c2ccc(COc3ccc4ccccc4c3)o2)c1. The van der Waals surface area contributed by atoms with Crippen molar-refractivity contribution in [2.75, 3.05) is 19.0 Å². The molecule has 8 nitrogen and oxygen atoms in total. The van der Waals surface area contributed by atoms with Crippen molar-refractivity contribution in [1.29, 1.82) is 0 Å². The van der Waals surface area contributed by atoms with Gasteiger partial charge in [0, 0.05) is 11.3 Å². The molecule has 3 aromatic carbocycles. The van der Waals surface area contributed by atoms with Crippen LogP contribution < -0.4 is 15.4 Å². The van der Waals surface area contributed by atoms with Crippen LogP contribution in [0.5, 0.6) is 5.75 Å². The number of fused-ring (bicyclic) bond motifs is 1. The lowest BCUT2D eigenvalue weighted by Gasteiger charge is -2.07. The lowest BCUT2D eigenvalue weighted by Crippen LogP contribution is -2.30. The van der Waals surface area contributed by atoms with Crippen molar-refractivity contribution in [3.8, 4) is 5.75 Å². The Morgan fingerprint density at radius 1 is 0.853 bits per heavy atom. The molecule has 0 aliphatic rings. The molecule has 1 aromatic heterocycles. The second-order valence-electron chi connectivity index (χ2n) is 7.36. The first-order valence-corrected chi connectivity index (χ1v) is 10.5. The molecule has 2 amide bonds. The van der Waals surface area contributed by atoms with Gasteiger partial charge in [-0.3, -0.25) is 14.4 Å². The number of hydrogen-bond donors (Lipinski definition) is 2. The lowest BCUT2D eigenvalue weighted by atomic mass is 10.1. The van der Waals surface area contributed by atoms with Gasteiger partial charge < -0.3 is 24.5 Å². The summed E-state index contributed by atoms with van der Waals surface area (Å²) in [6.07, 6.45) is 0. The minimum Gasteiger partial charge on any atom is -0.486 e. The van der Waals surface area contributed by atoms with Crippen molar-refractivity contribution in [1.82, 2.24) is 5.32 Å². The van der Waals surface area contributed by atoms with E-state index in [0.717, 1.165) is 10.8 Å². The first kappa shape index (κ1) is 22.6. The monoisotopic (exact) mass is 458 g/mol. The Balaban J connectivity index is 1.35. The molecule has 172 valence electrons. The highest BCUT2D eigenvalue weighted by molar-refractivity contribution is 6.03. The highest BCUT2D eigenvalue weighted by atomic mass is 16.5. The third-order valence-corrected chi connectivity index (χ3v) is 4.99. The van der Waals surface area contributed by atoms with Crippen LogP contribution in [0.25, 0.3) is 10.8 Å². The predicted octanol–water partition coefficient (Wildman–Crippen LogP) is 4.17. The van der Waals surface area contributed by atoms with Gasteiger partial charge in [0.15, 0.2) is 5.76 Å². The maximum Gasteiger partial charge on any atom is 0.325 e. The zero-order chi connectivity index (χ0) is 23.9. The van der Waals surface area contributed by atoms with Crippen molar-refractivity contribution in [2.45, 2.75) is 6.61 Å². The highest BCUT2D eigenvalue weighted by Gasteiger charge is 2.14. The molecular formula is C26H22N2O6. The second-order valence-corrected chi connectivity index (χ2v) is 7.36. The van der Waals surface area contributed by atoms with Crippen LogP contribution in [0.3, 0.4) is 0 Å². The first-order chi connectivity index (χ1) is 16.5. The fourth-order valence-corrected chi connectivity index (χ4v) is 3.25. The third kappa shape index (κ3) is 5.60. The molecule has 34 heavy (non-hydrogen) atoms. The van der Waals surface area contributed by atoms with Crippen molar-refractivity contribution < 1.29 is 28.3 Å². The van der Waals surface area contributed by atoms with E-state index in [9.17, 15) is 14.4 Å². The van der Waals surface area contributed by atoms with Gasteiger partial charge in [-0.05, 0) is 53.2 Å². The second kappa shape index (κ2) is 10.4. The molecule has 0 aliphatic carbocycles. The summed E-state index contributed by atoms with van der Waals surface area (Å²) in [6, 6.07) is 23.3. The molecule has 4 rings (SSSR count). The topological polar surface area (TPSA) is 107 Å². The van der Waals surface area contributed by atoms with Gasteiger partial charge in [0.1, 0.15) is 24.7 Å². The fraction of sp³-hybridized carbons (Fsp3) is 0.115. The van der Waals surface area contributed by atoms with Gasteiger partial charge in [-0.1, -0.05) is 36.4 Å². The average molecular weight is 458 g/mol. The molecule has 0 aliphatic heterocycles. The summed E-state index contributed by atoms with van der Waals surface area (Å²) in [4.78, 5) is 35.9. The van der Waals surface area contributed by atoms with Gasteiger partial charge in [0.2, 0.25) is 0 Å². The number of rotatable bonds is 8. The van der Waals surface area contributed by atoms with Crippen LogP contribution in [-0.4, -0.2) is 31.4 Å². The number of methoxy groups -OCH3 is 1. The maximum atomic E-state index is 12.6. The van der Waals surface area contributed by atoms with Crippen LogP contribution in [0.15, 0.2) is 83.3 Å². The molecule has 0 atom stereocenters. The number of nitrogens with one attached hydrogen (secondary N) is 2. The van der Waals surface area contributed by atoms with E-state index in [0.29, 0.717) is 17.2 Å². The smallest absolute Gasteiger partial charge is 0.325 e. The molecule has 1 heterocycles. The molecule has 0 saturated heterocycles. The van der Waals surface area contributed by atoms with Crippen LogP contribution in [0, 0.1) is 0 Å². The van der Waals surface area contributed by atoms with Crippen LogP contribution in [0.1, 0.15) is 26.7 Å². The van der Waals surface area contributed by atoms with E-state index >= 15 is 0 Å². The molecule has 0 saturated carbocycles. The number of anilines is 1. The number of carbonyl (C=O) groups is 3. The van der Waals surface area contributed by atoms with Gasteiger partial charge in [-0.15, -0.1) is 0 Å². The van der Waals surface area contributed by atoms with Crippen LogP contribution in [0.4, 0.5) is 5.69 Å². The molecule has 8 heteroatoms. The van der Waals surface area contributed by atoms with Crippen LogP contribution in [-0.2, 0) is 16.1 Å². The Hall–Kier alpha value is -4.59. The van der Waals surface area contributed by atoms with Crippen molar-refractivity contribution in [2.24, 2.45) is 0 Å². The molecule has 0 bridgehead atoms. The van der Waals surface area contributed by atoms with Crippen molar-refractivity contribution >= 4 is 34.2 Å². The zero-order valence-electron chi connectivity index (χ0n) is 18.4. The summed E-state index contributed by atoms with van der Waals surface area (Å²) < 4.78 is 15.9. The molecule has 0 radical (unpaired) electrons. The number of ether oxygens (including phenoxy) is 2. The Morgan fingerprint density at radius 3 is 2.50 bits per heavy atom. The van der Waals surface area contributed by atoms with Gasteiger partial charge in [0.05, 0.1) is 7.11 Å². The maximum absolute atomic E-state index is 12.6. The fourth-order valence-electron chi connectivity index (χ4n) is 3.25. The number of carbonyl (C=O) groups excluding carboxylic acids is 3. The Kier molecular flexibility index (Phi) is 6.88. The van der Waals surface area contributed by atoms with E-state index in [4.69, 9.17) is 9.15 Å². The number of esters is 1. The zero-order valence-corrected chi connectivity index (χ0v) is 18.4. The number of furan rings is 1. The molecule has 0 unspecified atom stereocenters. The van der Waals surface area contributed by atoms with Gasteiger partial charge in [0.25, 0.3) is 11.8 Å². The Labute approximate surface area is 195 Å². The normalized spacial score (nSPS) is 10.5. The summed E-state index contributed by atoms with van der Waals surface area (Å²) in [5.74, 6) is -0.192. The summed E-state index contributed by atoms with van der Waals surface area (Å²) in [7, 11) is 1.24. The minimum atomic E-state index is -0.559. The molecule has 4 aromatic rings.